The van der Waals surface area contributed by atoms with Gasteiger partial charge in [-0.3, -0.25) is 4.99 Å². The number of alkyl halides is 6. The molecule has 2 aromatic carbocycles. The summed E-state index contributed by atoms with van der Waals surface area (Å²) in [6.45, 7) is 0. The minimum Gasteiger partial charge on any atom is -0.294 e. The molecule has 0 bridgehead atoms. The second-order valence-electron chi connectivity index (χ2n) is 6.23. The number of aliphatic imine (C=N–C) groups is 1. The minimum atomic E-state index is -4.87. The van der Waals surface area contributed by atoms with Crippen molar-refractivity contribution in [3.8, 4) is 11.3 Å². The van der Waals surface area contributed by atoms with Crippen molar-refractivity contribution in [2.24, 2.45) is 4.99 Å². The summed E-state index contributed by atoms with van der Waals surface area (Å²) in [6.07, 6.45) is -8.32. The molecule has 29 heavy (non-hydrogen) atoms. The number of benzene rings is 2. The molecule has 0 saturated carbocycles. The van der Waals surface area contributed by atoms with Gasteiger partial charge in [0.25, 0.3) is 0 Å². The number of hydrogen-bond donors (Lipinski definition) is 1. The summed E-state index contributed by atoms with van der Waals surface area (Å²) in [7, 11) is 1.58. The number of aromatic nitrogens is 3. The first-order valence-electron chi connectivity index (χ1n) is 8.28. The van der Waals surface area contributed by atoms with Crippen LogP contribution in [0.2, 0.25) is 0 Å². The van der Waals surface area contributed by atoms with E-state index in [0.29, 0.717) is 22.5 Å². The molecule has 1 aromatic heterocycles. The molecule has 0 aliphatic heterocycles. The van der Waals surface area contributed by atoms with Crippen LogP contribution in [0.4, 0.5) is 26.3 Å². The lowest BCUT2D eigenvalue weighted by atomic mass is 9.98. The van der Waals surface area contributed by atoms with Crippen molar-refractivity contribution in [1.82, 2.24) is 15.4 Å². The first-order chi connectivity index (χ1) is 13.6. The minimum absolute atomic E-state index is 0.0832. The summed E-state index contributed by atoms with van der Waals surface area (Å²) < 4.78 is 78.0. The topological polar surface area (TPSA) is 53.9 Å². The van der Waals surface area contributed by atoms with Crippen LogP contribution >= 0.6 is 0 Å². The maximum atomic E-state index is 13.0. The number of nitrogens with zero attached hydrogens (tertiary/aromatic N) is 3. The first-order valence-corrected chi connectivity index (χ1v) is 8.28. The standard InChI is InChI=1S/C19H14F6N4/c1-26-10-16-17(28-29-27-16)13-4-2-11(3-5-13)6-12-7-14(18(20,21)22)9-15(8-12)19(23,24)25/h2-5,7-10H,6H2,1H3,(H,27,28,29). The number of halogens is 6. The number of hydrogen-bond acceptors (Lipinski definition) is 3. The molecule has 1 heterocycles. The monoisotopic (exact) mass is 412 g/mol. The molecule has 10 heteroatoms. The highest BCUT2D eigenvalue weighted by molar-refractivity contribution is 5.86. The number of nitrogens with one attached hydrogen (secondary N) is 1. The zero-order valence-corrected chi connectivity index (χ0v) is 14.9. The molecular weight excluding hydrogens is 398 g/mol. The first kappa shape index (κ1) is 20.6. The third kappa shape index (κ3) is 4.82. The van der Waals surface area contributed by atoms with E-state index < -0.39 is 23.5 Å². The lowest BCUT2D eigenvalue weighted by Gasteiger charge is -2.14. The van der Waals surface area contributed by atoms with E-state index in [9.17, 15) is 26.3 Å². The summed E-state index contributed by atoms with van der Waals surface area (Å²) in [5, 5.41) is 10.4. The molecule has 0 aliphatic rings. The highest BCUT2D eigenvalue weighted by Crippen LogP contribution is 2.36. The Balaban J connectivity index is 1.91. The summed E-state index contributed by atoms with van der Waals surface area (Å²) in [5.74, 6) is 0. The maximum absolute atomic E-state index is 13.0. The van der Waals surface area contributed by atoms with Crippen LogP contribution < -0.4 is 0 Å². The van der Waals surface area contributed by atoms with E-state index in [1.807, 2.05) is 0 Å². The van der Waals surface area contributed by atoms with Crippen LogP contribution in [-0.4, -0.2) is 28.7 Å². The molecule has 0 atom stereocenters. The molecule has 0 spiro atoms. The highest BCUT2D eigenvalue weighted by atomic mass is 19.4. The van der Waals surface area contributed by atoms with Crippen LogP contribution in [0.3, 0.4) is 0 Å². The van der Waals surface area contributed by atoms with Gasteiger partial charge in [-0.1, -0.05) is 24.3 Å². The van der Waals surface area contributed by atoms with Crippen LogP contribution in [0.5, 0.6) is 0 Å². The normalized spacial score (nSPS) is 12.7. The Labute approximate surface area is 161 Å². The van der Waals surface area contributed by atoms with Crippen molar-refractivity contribution in [3.05, 3.63) is 70.4 Å². The Kier molecular flexibility index (Phi) is 5.45. The maximum Gasteiger partial charge on any atom is 0.416 e. The third-order valence-electron chi connectivity index (χ3n) is 4.11. The molecule has 0 amide bonds. The predicted octanol–water partition coefficient (Wildman–Crippen LogP) is 5.15. The van der Waals surface area contributed by atoms with Gasteiger partial charge in [0.05, 0.1) is 17.3 Å². The Morgan fingerprint density at radius 3 is 1.97 bits per heavy atom. The number of H-pyrrole nitrogens is 1. The number of aromatic amines is 1. The Morgan fingerprint density at radius 1 is 0.862 bits per heavy atom. The summed E-state index contributed by atoms with van der Waals surface area (Å²) in [6, 6.07) is 8.15. The van der Waals surface area contributed by atoms with E-state index in [4.69, 9.17) is 0 Å². The zero-order valence-electron chi connectivity index (χ0n) is 14.9. The SMILES string of the molecule is CN=Cc1n[nH]nc1-c1ccc(Cc2cc(C(F)(F)F)cc(C(F)(F)F)c2)cc1. The van der Waals surface area contributed by atoms with Crippen molar-refractivity contribution < 1.29 is 26.3 Å². The van der Waals surface area contributed by atoms with Gasteiger partial charge in [-0.05, 0) is 35.7 Å². The van der Waals surface area contributed by atoms with Crippen LogP contribution in [0.1, 0.15) is 27.9 Å². The molecule has 4 nitrogen and oxygen atoms in total. The van der Waals surface area contributed by atoms with Gasteiger partial charge in [-0.25, -0.2) is 0 Å². The fourth-order valence-corrected chi connectivity index (χ4v) is 2.80. The second-order valence-corrected chi connectivity index (χ2v) is 6.23. The number of rotatable bonds is 4. The van der Waals surface area contributed by atoms with E-state index in [1.165, 1.54) is 6.21 Å². The van der Waals surface area contributed by atoms with Gasteiger partial charge in [0, 0.05) is 12.6 Å². The largest absolute Gasteiger partial charge is 0.416 e. The van der Waals surface area contributed by atoms with Gasteiger partial charge in [-0.15, -0.1) is 0 Å². The molecule has 0 fully saturated rings. The van der Waals surface area contributed by atoms with E-state index in [0.717, 1.165) is 12.1 Å². The lowest BCUT2D eigenvalue weighted by molar-refractivity contribution is -0.143. The van der Waals surface area contributed by atoms with Gasteiger partial charge >= 0.3 is 12.4 Å². The summed E-state index contributed by atoms with van der Waals surface area (Å²) >= 11 is 0. The van der Waals surface area contributed by atoms with E-state index in [1.54, 1.807) is 31.3 Å². The lowest BCUT2D eigenvalue weighted by Crippen LogP contribution is -2.12. The predicted molar refractivity (Wildman–Crippen MR) is 94.6 cm³/mol. The average Bonchev–Trinajstić information content (AvgIpc) is 3.09. The third-order valence-corrected chi connectivity index (χ3v) is 4.11. The van der Waals surface area contributed by atoms with Crippen LogP contribution in [0, 0.1) is 0 Å². The Morgan fingerprint density at radius 2 is 1.45 bits per heavy atom. The molecule has 0 radical (unpaired) electrons. The van der Waals surface area contributed by atoms with E-state index in [-0.39, 0.29) is 18.1 Å². The van der Waals surface area contributed by atoms with Crippen LogP contribution in [-0.2, 0) is 18.8 Å². The smallest absolute Gasteiger partial charge is 0.294 e. The van der Waals surface area contributed by atoms with Gasteiger partial charge in [0.2, 0.25) is 0 Å². The molecule has 0 saturated heterocycles. The van der Waals surface area contributed by atoms with E-state index >= 15 is 0 Å². The fourth-order valence-electron chi connectivity index (χ4n) is 2.80. The molecule has 0 aliphatic carbocycles. The van der Waals surface area contributed by atoms with Crippen LogP contribution in [0.15, 0.2) is 47.5 Å². The van der Waals surface area contributed by atoms with Crippen LogP contribution in [0.25, 0.3) is 11.3 Å². The highest BCUT2D eigenvalue weighted by Gasteiger charge is 2.36. The molecule has 152 valence electrons. The van der Waals surface area contributed by atoms with Gasteiger partial charge in [0.1, 0.15) is 11.4 Å². The quantitative estimate of drug-likeness (QED) is 0.476. The summed E-state index contributed by atoms with van der Waals surface area (Å²) in [5.41, 5.74) is -0.475. The fraction of sp³-hybridized carbons (Fsp3) is 0.211. The van der Waals surface area contributed by atoms with Gasteiger partial charge in [-0.2, -0.15) is 41.8 Å². The van der Waals surface area contributed by atoms with Crippen molar-refractivity contribution in [1.29, 1.82) is 0 Å². The molecular formula is C19H14F6N4. The van der Waals surface area contributed by atoms with Crippen molar-refractivity contribution in [2.75, 3.05) is 7.05 Å². The summed E-state index contributed by atoms with van der Waals surface area (Å²) in [4.78, 5) is 3.86. The zero-order chi connectivity index (χ0) is 21.2. The molecule has 3 aromatic rings. The van der Waals surface area contributed by atoms with Crippen molar-refractivity contribution >= 4 is 6.21 Å². The average molecular weight is 412 g/mol. The Hall–Kier alpha value is -3.17. The molecule has 0 unspecified atom stereocenters. The van der Waals surface area contributed by atoms with E-state index in [2.05, 4.69) is 20.4 Å². The van der Waals surface area contributed by atoms with Gasteiger partial charge in [0.15, 0.2) is 0 Å². The van der Waals surface area contributed by atoms with Crippen molar-refractivity contribution in [3.63, 3.8) is 0 Å². The van der Waals surface area contributed by atoms with Gasteiger partial charge < -0.3 is 0 Å². The second kappa shape index (κ2) is 7.69. The van der Waals surface area contributed by atoms with Crippen molar-refractivity contribution in [2.45, 2.75) is 18.8 Å². The molecule has 3 rings (SSSR count). The molecule has 1 N–H and O–H groups in total. The Bertz CT molecular complexity index is 984.